The van der Waals surface area contributed by atoms with Crippen LogP contribution in [0.25, 0.3) is 0 Å². The van der Waals surface area contributed by atoms with Gasteiger partial charge in [-0.2, -0.15) is 0 Å². The van der Waals surface area contributed by atoms with E-state index >= 15 is 0 Å². The average molecular weight is 379 g/mol. The first kappa shape index (κ1) is 15.3. The topological polar surface area (TPSA) is 12.0 Å². The molecular formula is C14H14BrCl2NS. The SMILES string of the molecule is CCCNC(c1cc(Cl)ccc1Br)c1sccc1Cl. The summed E-state index contributed by atoms with van der Waals surface area (Å²) in [7, 11) is 0. The molecule has 5 heteroatoms. The third kappa shape index (κ3) is 3.73. The van der Waals surface area contributed by atoms with Crippen molar-refractivity contribution in [2.75, 3.05) is 6.54 Å². The lowest BCUT2D eigenvalue weighted by molar-refractivity contribution is 0.604. The molecule has 102 valence electrons. The van der Waals surface area contributed by atoms with Gasteiger partial charge in [-0.1, -0.05) is 46.1 Å². The summed E-state index contributed by atoms with van der Waals surface area (Å²) < 4.78 is 1.04. The van der Waals surface area contributed by atoms with Crippen LogP contribution in [0, 0.1) is 0 Å². The van der Waals surface area contributed by atoms with Crippen molar-refractivity contribution in [2.24, 2.45) is 0 Å². The second kappa shape index (κ2) is 7.09. The number of thiophene rings is 1. The molecule has 0 radical (unpaired) electrons. The van der Waals surface area contributed by atoms with Gasteiger partial charge in [-0.25, -0.2) is 0 Å². The highest BCUT2D eigenvalue weighted by Gasteiger charge is 2.20. The van der Waals surface area contributed by atoms with E-state index in [0.717, 1.165) is 37.9 Å². The molecule has 0 amide bonds. The Kier molecular flexibility index (Phi) is 5.72. The van der Waals surface area contributed by atoms with Crippen molar-refractivity contribution < 1.29 is 0 Å². The van der Waals surface area contributed by atoms with E-state index in [9.17, 15) is 0 Å². The Morgan fingerprint density at radius 1 is 1.32 bits per heavy atom. The van der Waals surface area contributed by atoms with E-state index in [1.807, 2.05) is 29.6 Å². The fourth-order valence-corrected chi connectivity index (χ4v) is 3.79. The molecule has 2 rings (SSSR count). The maximum atomic E-state index is 6.28. The van der Waals surface area contributed by atoms with E-state index in [4.69, 9.17) is 23.2 Å². The van der Waals surface area contributed by atoms with Gasteiger partial charge in [-0.15, -0.1) is 11.3 Å². The molecule has 1 nitrogen and oxygen atoms in total. The molecular weight excluding hydrogens is 365 g/mol. The molecule has 0 fully saturated rings. The summed E-state index contributed by atoms with van der Waals surface area (Å²) in [6.45, 7) is 3.07. The summed E-state index contributed by atoms with van der Waals surface area (Å²) in [6.07, 6.45) is 1.07. The molecule has 0 bridgehead atoms. The molecule has 0 saturated carbocycles. The molecule has 0 aliphatic rings. The van der Waals surface area contributed by atoms with Crippen molar-refractivity contribution in [3.63, 3.8) is 0 Å². The molecule has 0 spiro atoms. The fourth-order valence-electron chi connectivity index (χ4n) is 1.88. The van der Waals surface area contributed by atoms with Gasteiger partial charge in [0, 0.05) is 14.4 Å². The largest absolute Gasteiger partial charge is 0.306 e. The number of benzene rings is 1. The molecule has 1 aromatic carbocycles. The van der Waals surface area contributed by atoms with E-state index < -0.39 is 0 Å². The van der Waals surface area contributed by atoms with Crippen LogP contribution in [-0.2, 0) is 0 Å². The maximum absolute atomic E-state index is 6.28. The molecule has 1 unspecified atom stereocenters. The summed E-state index contributed by atoms with van der Waals surface area (Å²) in [5.41, 5.74) is 1.12. The lowest BCUT2D eigenvalue weighted by Gasteiger charge is -2.20. The van der Waals surface area contributed by atoms with E-state index in [0.29, 0.717) is 0 Å². The first-order chi connectivity index (χ1) is 9.13. The number of nitrogens with one attached hydrogen (secondary N) is 1. The smallest absolute Gasteiger partial charge is 0.0697 e. The Morgan fingerprint density at radius 3 is 2.74 bits per heavy atom. The van der Waals surface area contributed by atoms with Crippen molar-refractivity contribution in [1.29, 1.82) is 0 Å². The van der Waals surface area contributed by atoms with Gasteiger partial charge >= 0.3 is 0 Å². The van der Waals surface area contributed by atoms with Crippen LogP contribution in [0.4, 0.5) is 0 Å². The van der Waals surface area contributed by atoms with Gasteiger partial charge in [-0.3, -0.25) is 0 Å². The predicted molar refractivity (Wildman–Crippen MR) is 88.6 cm³/mol. The van der Waals surface area contributed by atoms with E-state index in [1.54, 1.807) is 11.3 Å². The average Bonchev–Trinajstić information content (AvgIpc) is 2.80. The molecule has 19 heavy (non-hydrogen) atoms. The van der Waals surface area contributed by atoms with Crippen LogP contribution in [0.15, 0.2) is 34.1 Å². The number of hydrogen-bond acceptors (Lipinski definition) is 2. The molecule has 1 aromatic heterocycles. The van der Waals surface area contributed by atoms with Crippen LogP contribution < -0.4 is 5.32 Å². The van der Waals surface area contributed by atoms with Gasteiger partial charge in [-0.05, 0) is 48.2 Å². The van der Waals surface area contributed by atoms with Crippen LogP contribution in [-0.4, -0.2) is 6.54 Å². The highest BCUT2D eigenvalue weighted by molar-refractivity contribution is 9.10. The summed E-state index contributed by atoms with van der Waals surface area (Å²) in [4.78, 5) is 1.12. The minimum absolute atomic E-state index is 0.0699. The van der Waals surface area contributed by atoms with E-state index in [1.165, 1.54) is 0 Å². The van der Waals surface area contributed by atoms with Gasteiger partial charge in [0.05, 0.1) is 11.1 Å². The van der Waals surface area contributed by atoms with Crippen molar-refractivity contribution in [3.8, 4) is 0 Å². The highest BCUT2D eigenvalue weighted by atomic mass is 79.9. The molecule has 1 N–H and O–H groups in total. The maximum Gasteiger partial charge on any atom is 0.0697 e. The van der Waals surface area contributed by atoms with Crippen molar-refractivity contribution in [2.45, 2.75) is 19.4 Å². The zero-order valence-corrected chi connectivity index (χ0v) is 14.3. The van der Waals surface area contributed by atoms with Crippen molar-refractivity contribution in [3.05, 3.63) is 54.6 Å². The Morgan fingerprint density at radius 2 is 2.11 bits per heavy atom. The molecule has 2 aromatic rings. The van der Waals surface area contributed by atoms with Crippen LogP contribution >= 0.6 is 50.5 Å². The summed E-state index contributed by atoms with van der Waals surface area (Å²) in [5.74, 6) is 0. The van der Waals surface area contributed by atoms with Gasteiger partial charge in [0.25, 0.3) is 0 Å². The first-order valence-corrected chi connectivity index (χ1v) is 8.47. The zero-order chi connectivity index (χ0) is 13.8. The lowest BCUT2D eigenvalue weighted by atomic mass is 10.1. The predicted octanol–water partition coefficient (Wildman–Crippen LogP) is 5.91. The third-order valence-electron chi connectivity index (χ3n) is 2.77. The lowest BCUT2D eigenvalue weighted by Crippen LogP contribution is -2.23. The number of hydrogen-bond donors (Lipinski definition) is 1. The Labute approximate surface area is 136 Å². The molecule has 0 aliphatic heterocycles. The van der Waals surface area contributed by atoms with Crippen LogP contribution in [0.1, 0.15) is 29.8 Å². The zero-order valence-electron chi connectivity index (χ0n) is 10.4. The first-order valence-electron chi connectivity index (χ1n) is 6.04. The normalized spacial score (nSPS) is 12.6. The van der Waals surface area contributed by atoms with E-state index in [-0.39, 0.29) is 6.04 Å². The summed E-state index contributed by atoms with van der Waals surface area (Å²) in [6, 6.07) is 7.83. The minimum Gasteiger partial charge on any atom is -0.306 e. The van der Waals surface area contributed by atoms with Crippen LogP contribution in [0.3, 0.4) is 0 Å². The van der Waals surface area contributed by atoms with E-state index in [2.05, 4.69) is 28.2 Å². The van der Waals surface area contributed by atoms with Gasteiger partial charge < -0.3 is 5.32 Å². The monoisotopic (exact) mass is 377 g/mol. The fraction of sp³-hybridized carbons (Fsp3) is 0.286. The quantitative estimate of drug-likeness (QED) is 0.682. The summed E-state index contributed by atoms with van der Waals surface area (Å²) >= 11 is 17.7. The van der Waals surface area contributed by atoms with Crippen molar-refractivity contribution in [1.82, 2.24) is 5.32 Å². The Hall–Kier alpha value is -0.0600. The van der Waals surface area contributed by atoms with Gasteiger partial charge in [0.15, 0.2) is 0 Å². The Bertz CT molecular complexity index is 556. The third-order valence-corrected chi connectivity index (χ3v) is 5.16. The van der Waals surface area contributed by atoms with Crippen LogP contribution in [0.2, 0.25) is 10.0 Å². The standard InChI is InChI=1S/C14H14BrCl2NS/c1-2-6-18-13(14-12(17)5-7-19-14)10-8-9(16)3-4-11(10)15/h3-5,7-8,13,18H,2,6H2,1H3. The highest BCUT2D eigenvalue weighted by Crippen LogP contribution is 2.36. The molecule has 0 saturated heterocycles. The second-order valence-electron chi connectivity index (χ2n) is 4.19. The molecule has 1 heterocycles. The van der Waals surface area contributed by atoms with Gasteiger partial charge in [0.2, 0.25) is 0 Å². The minimum atomic E-state index is 0.0699. The molecule has 0 aliphatic carbocycles. The van der Waals surface area contributed by atoms with Crippen LogP contribution in [0.5, 0.6) is 0 Å². The number of rotatable bonds is 5. The van der Waals surface area contributed by atoms with Gasteiger partial charge in [0.1, 0.15) is 0 Å². The van der Waals surface area contributed by atoms with Crippen molar-refractivity contribution >= 4 is 50.5 Å². The number of halogens is 3. The Balaban J connectivity index is 2.42. The molecule has 1 atom stereocenters. The summed E-state index contributed by atoms with van der Waals surface area (Å²) in [5, 5.41) is 7.07. The second-order valence-corrected chi connectivity index (χ2v) is 6.83.